The zero-order valence-electron chi connectivity index (χ0n) is 12.2. The van der Waals surface area contributed by atoms with Gasteiger partial charge in [-0.3, -0.25) is 4.79 Å². The highest BCUT2D eigenvalue weighted by Crippen LogP contribution is 2.52. The van der Waals surface area contributed by atoms with Crippen LogP contribution in [0.1, 0.15) is 37.6 Å². The monoisotopic (exact) mass is 295 g/mol. The third-order valence-electron chi connectivity index (χ3n) is 3.72. The smallest absolute Gasteiger partial charge is 0.306 e. The standard InChI is InChI=1S/C14H21N3O2S/c1-4-10-16-12(15)9(2)13(17-10)20-8-14(5-6-14)7-11(18)19-3/h4-8H2,1-3H3,(H2,15,16,17). The summed E-state index contributed by atoms with van der Waals surface area (Å²) in [5.41, 5.74) is 6.94. The molecule has 0 amide bonds. The number of nitrogens with zero attached hydrogens (tertiary/aromatic N) is 2. The van der Waals surface area contributed by atoms with E-state index in [1.54, 1.807) is 11.8 Å². The molecule has 2 rings (SSSR count). The Morgan fingerprint density at radius 3 is 2.70 bits per heavy atom. The molecule has 1 aromatic heterocycles. The van der Waals surface area contributed by atoms with Crippen LogP contribution in [0.2, 0.25) is 0 Å². The topological polar surface area (TPSA) is 78.1 Å². The number of aryl methyl sites for hydroxylation is 1. The number of nitrogen functional groups attached to an aromatic ring is 1. The number of esters is 1. The molecule has 1 aromatic rings. The molecule has 0 spiro atoms. The van der Waals surface area contributed by atoms with Crippen LogP contribution < -0.4 is 5.73 Å². The van der Waals surface area contributed by atoms with Crippen molar-refractivity contribution >= 4 is 23.5 Å². The van der Waals surface area contributed by atoms with Crippen molar-refractivity contribution < 1.29 is 9.53 Å². The van der Waals surface area contributed by atoms with Crippen molar-refractivity contribution in [3.05, 3.63) is 11.4 Å². The van der Waals surface area contributed by atoms with Gasteiger partial charge in [-0.05, 0) is 25.2 Å². The number of hydrogen-bond acceptors (Lipinski definition) is 6. The summed E-state index contributed by atoms with van der Waals surface area (Å²) in [6, 6.07) is 0. The molecule has 0 aromatic carbocycles. The predicted molar refractivity (Wildman–Crippen MR) is 79.6 cm³/mol. The van der Waals surface area contributed by atoms with Crippen LogP contribution in [-0.4, -0.2) is 28.8 Å². The van der Waals surface area contributed by atoms with Gasteiger partial charge < -0.3 is 10.5 Å². The number of nitrogens with two attached hydrogens (primary N) is 1. The van der Waals surface area contributed by atoms with E-state index < -0.39 is 0 Å². The highest BCUT2D eigenvalue weighted by Gasteiger charge is 2.44. The molecule has 0 unspecified atom stereocenters. The van der Waals surface area contributed by atoms with Gasteiger partial charge in [-0.2, -0.15) is 0 Å². The number of ether oxygens (including phenoxy) is 1. The highest BCUT2D eigenvalue weighted by molar-refractivity contribution is 7.99. The first-order valence-electron chi connectivity index (χ1n) is 6.82. The summed E-state index contributed by atoms with van der Waals surface area (Å²) in [5, 5.41) is 0.936. The van der Waals surface area contributed by atoms with E-state index in [-0.39, 0.29) is 11.4 Å². The molecule has 6 heteroatoms. The van der Waals surface area contributed by atoms with Gasteiger partial charge in [0.05, 0.1) is 13.5 Å². The number of aromatic nitrogens is 2. The van der Waals surface area contributed by atoms with E-state index in [4.69, 9.17) is 10.5 Å². The Kier molecular flexibility index (Phi) is 4.52. The van der Waals surface area contributed by atoms with Gasteiger partial charge >= 0.3 is 5.97 Å². The molecule has 1 heterocycles. The molecule has 0 atom stereocenters. The number of rotatable bonds is 6. The Balaban J connectivity index is 2.04. The van der Waals surface area contributed by atoms with Crippen LogP contribution in [0.5, 0.6) is 0 Å². The minimum atomic E-state index is -0.128. The summed E-state index contributed by atoms with van der Waals surface area (Å²) in [4.78, 5) is 20.2. The lowest BCUT2D eigenvalue weighted by molar-refractivity contribution is -0.141. The van der Waals surface area contributed by atoms with Crippen molar-refractivity contribution in [2.45, 2.75) is 44.6 Å². The number of carbonyl (C=O) groups is 1. The fourth-order valence-electron chi connectivity index (χ4n) is 2.01. The maximum atomic E-state index is 11.4. The molecule has 1 aliphatic carbocycles. The van der Waals surface area contributed by atoms with Gasteiger partial charge in [0.25, 0.3) is 0 Å². The fraction of sp³-hybridized carbons (Fsp3) is 0.643. The van der Waals surface area contributed by atoms with Crippen molar-refractivity contribution in [2.75, 3.05) is 18.6 Å². The number of thioether (sulfide) groups is 1. The second-order valence-electron chi connectivity index (χ2n) is 5.35. The van der Waals surface area contributed by atoms with E-state index in [0.717, 1.165) is 41.4 Å². The average Bonchev–Trinajstić information content (AvgIpc) is 3.20. The van der Waals surface area contributed by atoms with Gasteiger partial charge in [-0.15, -0.1) is 11.8 Å². The largest absolute Gasteiger partial charge is 0.469 e. The zero-order valence-corrected chi connectivity index (χ0v) is 13.0. The maximum Gasteiger partial charge on any atom is 0.306 e. The second-order valence-corrected chi connectivity index (χ2v) is 6.31. The van der Waals surface area contributed by atoms with Crippen LogP contribution in [0.15, 0.2) is 5.03 Å². The zero-order chi connectivity index (χ0) is 14.8. The van der Waals surface area contributed by atoms with Crippen molar-refractivity contribution in [3.63, 3.8) is 0 Å². The van der Waals surface area contributed by atoms with Gasteiger partial charge in [0.1, 0.15) is 16.7 Å². The minimum Gasteiger partial charge on any atom is -0.469 e. The number of hydrogen-bond donors (Lipinski definition) is 1. The van der Waals surface area contributed by atoms with E-state index in [2.05, 4.69) is 9.97 Å². The summed E-state index contributed by atoms with van der Waals surface area (Å²) in [6.07, 6.45) is 3.42. The highest BCUT2D eigenvalue weighted by atomic mass is 32.2. The van der Waals surface area contributed by atoms with Gasteiger partial charge in [-0.25, -0.2) is 9.97 Å². The summed E-state index contributed by atoms with van der Waals surface area (Å²) in [6.45, 7) is 3.95. The lowest BCUT2D eigenvalue weighted by Crippen LogP contribution is -2.13. The van der Waals surface area contributed by atoms with Gasteiger partial charge in [0.2, 0.25) is 0 Å². The van der Waals surface area contributed by atoms with Crippen LogP contribution in [0, 0.1) is 12.3 Å². The van der Waals surface area contributed by atoms with Crippen molar-refractivity contribution in [1.29, 1.82) is 0 Å². The van der Waals surface area contributed by atoms with Crippen molar-refractivity contribution in [1.82, 2.24) is 9.97 Å². The maximum absolute atomic E-state index is 11.4. The number of methoxy groups -OCH3 is 1. The molecule has 1 saturated carbocycles. The molecule has 110 valence electrons. The predicted octanol–water partition coefficient (Wildman–Crippen LogP) is 2.37. The molecule has 0 aliphatic heterocycles. The van der Waals surface area contributed by atoms with E-state index in [1.165, 1.54) is 7.11 Å². The molecule has 1 fully saturated rings. The molecule has 20 heavy (non-hydrogen) atoms. The Labute approximate surface area is 123 Å². The van der Waals surface area contributed by atoms with Gasteiger partial charge in [-0.1, -0.05) is 6.92 Å². The first kappa shape index (κ1) is 15.1. The van der Waals surface area contributed by atoms with Crippen molar-refractivity contribution in [2.24, 2.45) is 5.41 Å². The summed E-state index contributed by atoms with van der Waals surface area (Å²) < 4.78 is 4.76. The summed E-state index contributed by atoms with van der Waals surface area (Å²) in [5.74, 6) is 2.07. The molecule has 0 saturated heterocycles. The normalized spacial score (nSPS) is 15.9. The SMILES string of the molecule is CCc1nc(N)c(C)c(SCC2(CC(=O)OC)CC2)n1. The molecule has 2 N–H and O–H groups in total. The average molecular weight is 295 g/mol. The Morgan fingerprint density at radius 1 is 1.45 bits per heavy atom. The van der Waals surface area contributed by atoms with Crippen LogP contribution in [-0.2, 0) is 16.0 Å². The quantitative estimate of drug-likeness (QED) is 0.493. The van der Waals surface area contributed by atoms with Gasteiger partial charge in [0, 0.05) is 17.7 Å². The van der Waals surface area contributed by atoms with Crippen LogP contribution in [0.4, 0.5) is 5.82 Å². The van der Waals surface area contributed by atoms with E-state index in [9.17, 15) is 4.79 Å². The molecule has 0 radical (unpaired) electrons. The first-order chi connectivity index (χ1) is 9.49. The lowest BCUT2D eigenvalue weighted by Gasteiger charge is -2.14. The number of carbonyl (C=O) groups excluding carboxylic acids is 1. The molecule has 5 nitrogen and oxygen atoms in total. The molecule has 0 bridgehead atoms. The van der Waals surface area contributed by atoms with E-state index in [1.807, 2.05) is 13.8 Å². The van der Waals surface area contributed by atoms with Crippen LogP contribution in [0.25, 0.3) is 0 Å². The Morgan fingerprint density at radius 2 is 2.15 bits per heavy atom. The van der Waals surface area contributed by atoms with Gasteiger partial charge in [0.15, 0.2) is 0 Å². The molecular formula is C14H21N3O2S. The first-order valence-corrected chi connectivity index (χ1v) is 7.81. The summed E-state index contributed by atoms with van der Waals surface area (Å²) >= 11 is 1.67. The fourth-order valence-corrected chi connectivity index (χ4v) is 3.33. The molecular weight excluding hydrogens is 274 g/mol. The van der Waals surface area contributed by atoms with E-state index >= 15 is 0 Å². The molecule has 1 aliphatic rings. The Hall–Kier alpha value is -1.30. The second kappa shape index (κ2) is 5.99. The Bertz CT molecular complexity index is 515. The van der Waals surface area contributed by atoms with Crippen LogP contribution >= 0.6 is 11.8 Å². The third-order valence-corrected chi connectivity index (χ3v) is 5.15. The minimum absolute atomic E-state index is 0.0935. The van der Waals surface area contributed by atoms with Crippen molar-refractivity contribution in [3.8, 4) is 0 Å². The van der Waals surface area contributed by atoms with E-state index in [0.29, 0.717) is 12.2 Å². The number of anilines is 1. The van der Waals surface area contributed by atoms with Crippen LogP contribution in [0.3, 0.4) is 0 Å². The summed E-state index contributed by atoms with van der Waals surface area (Å²) in [7, 11) is 1.44. The third kappa shape index (κ3) is 3.42. The lowest BCUT2D eigenvalue weighted by atomic mass is 10.1.